The van der Waals surface area contributed by atoms with E-state index in [1.165, 1.54) is 6.33 Å². The van der Waals surface area contributed by atoms with E-state index in [1.54, 1.807) is 41.3 Å². The van der Waals surface area contributed by atoms with Gasteiger partial charge in [-0.3, -0.25) is 9.78 Å². The fourth-order valence-corrected chi connectivity index (χ4v) is 3.43. The van der Waals surface area contributed by atoms with Crippen LogP contribution in [0, 0.1) is 5.92 Å². The van der Waals surface area contributed by atoms with Crippen molar-refractivity contribution in [2.45, 2.75) is 19.0 Å². The minimum absolute atomic E-state index is 0.109. The zero-order chi connectivity index (χ0) is 18.1. The Morgan fingerprint density at radius 3 is 2.81 bits per heavy atom. The summed E-state index contributed by atoms with van der Waals surface area (Å²) in [7, 11) is 0. The Hall–Kier alpha value is -2.93. The van der Waals surface area contributed by atoms with Gasteiger partial charge in [-0.05, 0) is 42.8 Å². The molecule has 0 radical (unpaired) electrons. The Morgan fingerprint density at radius 1 is 1.27 bits per heavy atom. The lowest BCUT2D eigenvalue weighted by molar-refractivity contribution is -0.121. The maximum Gasteiger partial charge on any atom is 0.232 e. The second-order valence-electron chi connectivity index (χ2n) is 6.21. The molecule has 1 aliphatic heterocycles. The SMILES string of the molecule is CC1Nc2ncnn2C(c2cccnc2)C1C(=O)Nc1ccc(Cl)cc1. The van der Waals surface area contributed by atoms with Crippen molar-refractivity contribution in [3.05, 3.63) is 65.7 Å². The highest BCUT2D eigenvalue weighted by Gasteiger charge is 2.41. The zero-order valence-corrected chi connectivity index (χ0v) is 14.8. The van der Waals surface area contributed by atoms with Crippen LogP contribution in [0.25, 0.3) is 0 Å². The summed E-state index contributed by atoms with van der Waals surface area (Å²) in [4.78, 5) is 21.6. The first kappa shape index (κ1) is 16.5. The van der Waals surface area contributed by atoms with E-state index in [1.807, 2.05) is 19.1 Å². The number of fused-ring (bicyclic) bond motifs is 1. The number of nitrogens with zero attached hydrogens (tertiary/aromatic N) is 4. The lowest BCUT2D eigenvalue weighted by Gasteiger charge is -2.36. The van der Waals surface area contributed by atoms with Gasteiger partial charge in [-0.1, -0.05) is 17.7 Å². The number of pyridine rings is 1. The molecule has 0 spiro atoms. The molecular formula is C18H17ClN6O. The van der Waals surface area contributed by atoms with Crippen molar-refractivity contribution in [2.24, 2.45) is 5.92 Å². The Bertz CT molecular complexity index is 911. The molecule has 2 aromatic heterocycles. The highest BCUT2D eigenvalue weighted by molar-refractivity contribution is 6.30. The van der Waals surface area contributed by atoms with Crippen LogP contribution in [-0.2, 0) is 4.79 Å². The molecule has 3 heterocycles. The van der Waals surface area contributed by atoms with Crippen molar-refractivity contribution >= 4 is 29.1 Å². The van der Waals surface area contributed by atoms with E-state index in [4.69, 9.17) is 11.6 Å². The van der Waals surface area contributed by atoms with E-state index in [2.05, 4.69) is 25.7 Å². The van der Waals surface area contributed by atoms with Gasteiger partial charge in [-0.25, -0.2) is 4.68 Å². The molecule has 132 valence electrons. The van der Waals surface area contributed by atoms with E-state index < -0.39 is 5.92 Å². The predicted octanol–water partition coefficient (Wildman–Crippen LogP) is 2.98. The third kappa shape index (κ3) is 3.01. The van der Waals surface area contributed by atoms with Crippen LogP contribution in [-0.4, -0.2) is 31.7 Å². The topological polar surface area (TPSA) is 84.7 Å². The first-order valence-corrected chi connectivity index (χ1v) is 8.63. The molecular weight excluding hydrogens is 352 g/mol. The van der Waals surface area contributed by atoms with Crippen LogP contribution in [0.15, 0.2) is 55.1 Å². The summed E-state index contributed by atoms with van der Waals surface area (Å²) in [5.74, 6) is 0.133. The summed E-state index contributed by atoms with van der Waals surface area (Å²) in [6, 6.07) is 10.4. The number of rotatable bonds is 3. The second kappa shape index (κ2) is 6.76. The van der Waals surface area contributed by atoms with E-state index in [0.717, 1.165) is 5.56 Å². The molecule has 1 amide bonds. The Balaban J connectivity index is 1.70. The number of hydrogen-bond acceptors (Lipinski definition) is 5. The van der Waals surface area contributed by atoms with Crippen LogP contribution in [0.4, 0.5) is 11.6 Å². The molecule has 3 atom stereocenters. The fraction of sp³-hybridized carbons (Fsp3) is 0.222. The predicted molar refractivity (Wildman–Crippen MR) is 99.1 cm³/mol. The van der Waals surface area contributed by atoms with Gasteiger partial charge in [0.25, 0.3) is 0 Å². The fourth-order valence-electron chi connectivity index (χ4n) is 3.30. The van der Waals surface area contributed by atoms with Crippen molar-refractivity contribution in [3.63, 3.8) is 0 Å². The molecule has 1 aliphatic rings. The molecule has 8 heteroatoms. The first-order valence-electron chi connectivity index (χ1n) is 8.26. The molecule has 3 unspecified atom stereocenters. The van der Waals surface area contributed by atoms with Gasteiger partial charge in [0.05, 0.1) is 12.0 Å². The van der Waals surface area contributed by atoms with E-state index in [0.29, 0.717) is 16.7 Å². The van der Waals surface area contributed by atoms with Gasteiger partial charge in [0.15, 0.2) is 0 Å². The summed E-state index contributed by atoms with van der Waals surface area (Å²) in [5, 5.41) is 11.2. The normalized spacial score (nSPS) is 21.5. The van der Waals surface area contributed by atoms with Crippen LogP contribution >= 0.6 is 11.6 Å². The number of aromatic nitrogens is 4. The number of carbonyl (C=O) groups excluding carboxylic acids is 1. The minimum Gasteiger partial charge on any atom is -0.351 e. The molecule has 26 heavy (non-hydrogen) atoms. The summed E-state index contributed by atoms with van der Waals surface area (Å²) in [6.45, 7) is 1.97. The quantitative estimate of drug-likeness (QED) is 0.742. The average molecular weight is 369 g/mol. The number of nitrogens with one attached hydrogen (secondary N) is 2. The van der Waals surface area contributed by atoms with Crippen molar-refractivity contribution in [1.82, 2.24) is 19.7 Å². The molecule has 4 rings (SSSR count). The lowest BCUT2D eigenvalue weighted by Crippen LogP contribution is -2.46. The van der Waals surface area contributed by atoms with Crippen molar-refractivity contribution in [2.75, 3.05) is 10.6 Å². The number of hydrogen-bond donors (Lipinski definition) is 2. The van der Waals surface area contributed by atoms with Crippen LogP contribution in [0.3, 0.4) is 0 Å². The number of benzene rings is 1. The van der Waals surface area contributed by atoms with E-state index >= 15 is 0 Å². The van der Waals surface area contributed by atoms with Gasteiger partial charge in [-0.2, -0.15) is 10.1 Å². The zero-order valence-electron chi connectivity index (χ0n) is 14.0. The van der Waals surface area contributed by atoms with Gasteiger partial charge >= 0.3 is 0 Å². The monoisotopic (exact) mass is 368 g/mol. The Kier molecular flexibility index (Phi) is 4.30. The van der Waals surface area contributed by atoms with Gasteiger partial charge in [-0.15, -0.1) is 0 Å². The molecule has 0 saturated carbocycles. The highest BCUT2D eigenvalue weighted by atomic mass is 35.5. The van der Waals surface area contributed by atoms with Gasteiger partial charge < -0.3 is 10.6 Å². The van der Waals surface area contributed by atoms with E-state index in [9.17, 15) is 4.79 Å². The minimum atomic E-state index is -0.399. The maximum absolute atomic E-state index is 13.1. The average Bonchev–Trinajstić information content (AvgIpc) is 3.11. The lowest BCUT2D eigenvalue weighted by atomic mass is 9.86. The maximum atomic E-state index is 13.1. The molecule has 7 nitrogen and oxygen atoms in total. The van der Waals surface area contributed by atoms with Crippen LogP contribution in [0.5, 0.6) is 0 Å². The molecule has 0 aliphatic carbocycles. The number of halogens is 1. The summed E-state index contributed by atoms with van der Waals surface area (Å²) in [5.41, 5.74) is 1.60. The highest BCUT2D eigenvalue weighted by Crippen LogP contribution is 2.36. The molecule has 0 fully saturated rings. The molecule has 0 saturated heterocycles. The summed E-state index contributed by atoms with van der Waals surface area (Å²) >= 11 is 5.92. The van der Waals surface area contributed by atoms with E-state index in [-0.39, 0.29) is 18.0 Å². The van der Waals surface area contributed by atoms with Gasteiger partial charge in [0.1, 0.15) is 6.33 Å². The molecule has 0 bridgehead atoms. The smallest absolute Gasteiger partial charge is 0.232 e. The number of carbonyl (C=O) groups is 1. The first-order chi connectivity index (χ1) is 12.6. The molecule has 1 aromatic carbocycles. The van der Waals surface area contributed by atoms with Gasteiger partial charge in [0.2, 0.25) is 11.9 Å². The largest absolute Gasteiger partial charge is 0.351 e. The van der Waals surface area contributed by atoms with Crippen molar-refractivity contribution in [3.8, 4) is 0 Å². The number of anilines is 2. The van der Waals surface area contributed by atoms with Gasteiger partial charge in [0, 0.05) is 29.1 Å². The third-order valence-corrected chi connectivity index (χ3v) is 4.76. The molecule has 2 N–H and O–H groups in total. The molecule has 3 aromatic rings. The second-order valence-corrected chi connectivity index (χ2v) is 6.65. The third-order valence-electron chi connectivity index (χ3n) is 4.51. The van der Waals surface area contributed by atoms with Crippen LogP contribution < -0.4 is 10.6 Å². The van der Waals surface area contributed by atoms with Crippen LogP contribution in [0.2, 0.25) is 5.02 Å². The number of amides is 1. The summed E-state index contributed by atoms with van der Waals surface area (Å²) in [6.07, 6.45) is 4.95. The standard InChI is InChI=1S/C18H17ClN6O/c1-11-15(17(26)24-14-6-4-13(19)5-7-14)16(12-3-2-8-20-9-12)25-18(23-11)21-10-22-25/h2-11,15-16H,1H3,(H,24,26)(H,21,22,23). The Labute approximate surface area is 155 Å². The summed E-state index contributed by atoms with van der Waals surface area (Å²) < 4.78 is 1.74. The van der Waals surface area contributed by atoms with Crippen molar-refractivity contribution < 1.29 is 4.79 Å². The Morgan fingerprint density at radius 2 is 2.08 bits per heavy atom. The van der Waals surface area contributed by atoms with Crippen LogP contribution in [0.1, 0.15) is 18.5 Å². The van der Waals surface area contributed by atoms with Crippen molar-refractivity contribution in [1.29, 1.82) is 0 Å².